The maximum absolute atomic E-state index is 12.8. The molecule has 6 heteroatoms. The summed E-state index contributed by atoms with van der Waals surface area (Å²) in [6, 6.07) is 16.7. The topological polar surface area (TPSA) is 76.3 Å². The summed E-state index contributed by atoms with van der Waals surface area (Å²) < 4.78 is 1.35. The summed E-state index contributed by atoms with van der Waals surface area (Å²) in [5.41, 5.74) is 4.34. The van der Waals surface area contributed by atoms with Crippen LogP contribution in [0.15, 0.2) is 64.5 Å². The second-order valence-corrected chi connectivity index (χ2v) is 6.14. The molecule has 1 N–H and O–H groups in total. The monoisotopic (exact) mass is 362 g/mol. The van der Waals surface area contributed by atoms with Gasteiger partial charge in [0, 0.05) is 11.9 Å². The number of rotatable bonds is 6. The van der Waals surface area contributed by atoms with Gasteiger partial charge in [-0.1, -0.05) is 62.4 Å². The second-order valence-electron chi connectivity index (χ2n) is 6.14. The van der Waals surface area contributed by atoms with Gasteiger partial charge in [0.2, 0.25) is 0 Å². The van der Waals surface area contributed by atoms with E-state index >= 15 is 0 Å². The first-order chi connectivity index (χ1) is 13.2. The largest absolute Gasteiger partial charge is 0.292 e. The minimum atomic E-state index is -0.432. The Bertz CT molecular complexity index is 1040. The van der Waals surface area contributed by atoms with Gasteiger partial charge in [-0.25, -0.2) is 10.1 Å². The van der Waals surface area contributed by atoms with Crippen molar-refractivity contribution in [2.75, 3.05) is 0 Å². The Hall–Kier alpha value is -3.28. The molecule has 1 heterocycles. The fourth-order valence-corrected chi connectivity index (χ4v) is 2.92. The van der Waals surface area contributed by atoms with E-state index in [4.69, 9.17) is 0 Å². The van der Waals surface area contributed by atoms with E-state index in [0.29, 0.717) is 23.7 Å². The van der Waals surface area contributed by atoms with E-state index in [1.807, 2.05) is 44.2 Å². The Labute approximate surface area is 157 Å². The number of aromatic nitrogens is 2. The molecule has 138 valence electrons. The molecule has 0 radical (unpaired) electrons. The van der Waals surface area contributed by atoms with Gasteiger partial charge in [0.25, 0.3) is 11.5 Å². The van der Waals surface area contributed by atoms with Crippen molar-refractivity contribution in [3.05, 3.63) is 76.2 Å². The van der Waals surface area contributed by atoms with E-state index in [9.17, 15) is 9.59 Å². The van der Waals surface area contributed by atoms with Crippen LogP contribution in [-0.2, 0) is 6.54 Å². The number of hydrogen-bond acceptors (Lipinski definition) is 4. The van der Waals surface area contributed by atoms with Crippen molar-refractivity contribution in [3.63, 3.8) is 0 Å². The molecule has 1 aromatic heterocycles. The van der Waals surface area contributed by atoms with Crippen molar-refractivity contribution in [1.29, 1.82) is 0 Å². The zero-order valence-electron chi connectivity index (χ0n) is 15.5. The molecular weight excluding hydrogens is 340 g/mol. The standard InChI is InChI=1S/C21H22N4O2/c1-3-14-25-21(27)17-13-9-8-12-16(17)19(24-25)20(26)23-22-18(4-2)15-10-6-5-7-11-15/h5-13H,3-4,14H2,1-2H3,(H,23,26)/b22-18-. The first kappa shape index (κ1) is 18.5. The van der Waals surface area contributed by atoms with Crippen LogP contribution in [-0.4, -0.2) is 21.4 Å². The van der Waals surface area contributed by atoms with Crippen LogP contribution in [0.2, 0.25) is 0 Å². The molecule has 0 atom stereocenters. The van der Waals surface area contributed by atoms with Crippen LogP contribution in [0.3, 0.4) is 0 Å². The number of amides is 1. The molecule has 0 saturated carbocycles. The summed E-state index contributed by atoms with van der Waals surface area (Å²) >= 11 is 0. The van der Waals surface area contributed by atoms with Crippen LogP contribution in [0.25, 0.3) is 10.8 Å². The number of hydrogen-bond donors (Lipinski definition) is 1. The van der Waals surface area contributed by atoms with Gasteiger partial charge >= 0.3 is 0 Å². The quantitative estimate of drug-likeness (QED) is 0.540. The Morgan fingerprint density at radius 2 is 1.70 bits per heavy atom. The van der Waals surface area contributed by atoms with E-state index < -0.39 is 5.91 Å². The van der Waals surface area contributed by atoms with E-state index in [2.05, 4.69) is 15.6 Å². The average molecular weight is 362 g/mol. The predicted molar refractivity (Wildman–Crippen MR) is 107 cm³/mol. The van der Waals surface area contributed by atoms with Gasteiger partial charge in [0.05, 0.1) is 11.1 Å². The normalized spacial score (nSPS) is 11.6. The summed E-state index contributed by atoms with van der Waals surface area (Å²) in [6.45, 7) is 4.39. The molecule has 6 nitrogen and oxygen atoms in total. The summed E-state index contributed by atoms with van der Waals surface area (Å²) in [7, 11) is 0. The number of nitrogens with one attached hydrogen (secondary N) is 1. The molecule has 1 amide bonds. The van der Waals surface area contributed by atoms with E-state index in [1.165, 1.54) is 4.68 Å². The first-order valence-electron chi connectivity index (χ1n) is 9.07. The lowest BCUT2D eigenvalue weighted by Crippen LogP contribution is -2.29. The maximum atomic E-state index is 12.8. The SMILES string of the molecule is CCCn1nc(C(=O)N/N=C(/CC)c2ccccc2)c2ccccc2c1=O. The number of nitrogens with zero attached hydrogens (tertiary/aromatic N) is 3. The fourth-order valence-electron chi connectivity index (χ4n) is 2.92. The molecule has 27 heavy (non-hydrogen) atoms. The molecule has 2 aromatic carbocycles. The van der Waals surface area contributed by atoms with Crippen molar-refractivity contribution in [2.24, 2.45) is 5.10 Å². The highest BCUT2D eigenvalue weighted by Gasteiger charge is 2.16. The molecular formula is C21H22N4O2. The van der Waals surface area contributed by atoms with Gasteiger partial charge in [-0.05, 0) is 24.5 Å². The number of fused-ring (bicyclic) bond motifs is 1. The third kappa shape index (κ3) is 3.95. The summed E-state index contributed by atoms with van der Waals surface area (Å²) in [5, 5.41) is 9.58. The number of carbonyl (C=O) groups excluding carboxylic acids is 1. The van der Waals surface area contributed by atoms with E-state index in [0.717, 1.165) is 17.7 Å². The molecule has 0 aliphatic carbocycles. The second kappa shape index (κ2) is 8.40. The maximum Gasteiger partial charge on any atom is 0.292 e. The number of aryl methyl sites for hydroxylation is 1. The predicted octanol–water partition coefficient (Wildman–Crippen LogP) is 3.35. The van der Waals surface area contributed by atoms with Crippen molar-refractivity contribution in [1.82, 2.24) is 15.2 Å². The zero-order chi connectivity index (χ0) is 19.2. The lowest BCUT2D eigenvalue weighted by atomic mass is 10.1. The van der Waals surface area contributed by atoms with Gasteiger partial charge in [0.1, 0.15) is 0 Å². The van der Waals surface area contributed by atoms with Gasteiger partial charge in [0.15, 0.2) is 5.69 Å². The summed E-state index contributed by atoms with van der Waals surface area (Å²) in [5.74, 6) is -0.432. The van der Waals surface area contributed by atoms with Crippen molar-refractivity contribution in [2.45, 2.75) is 33.2 Å². The third-order valence-electron chi connectivity index (χ3n) is 4.25. The minimum absolute atomic E-state index is 0.189. The van der Waals surface area contributed by atoms with Gasteiger partial charge in [-0.3, -0.25) is 9.59 Å². The molecule has 0 bridgehead atoms. The molecule has 0 aliphatic heterocycles. The molecule has 3 rings (SSSR count). The number of hydrazone groups is 1. The van der Waals surface area contributed by atoms with Crippen LogP contribution < -0.4 is 11.0 Å². The molecule has 0 saturated heterocycles. The number of benzene rings is 2. The lowest BCUT2D eigenvalue weighted by molar-refractivity contribution is 0.0949. The Balaban J connectivity index is 1.99. The third-order valence-corrected chi connectivity index (χ3v) is 4.25. The van der Waals surface area contributed by atoms with Gasteiger partial charge < -0.3 is 0 Å². The zero-order valence-corrected chi connectivity index (χ0v) is 15.5. The van der Waals surface area contributed by atoms with Gasteiger partial charge in [-0.15, -0.1) is 0 Å². The highest BCUT2D eigenvalue weighted by atomic mass is 16.2. The number of carbonyl (C=O) groups is 1. The molecule has 3 aromatic rings. The highest BCUT2D eigenvalue weighted by Crippen LogP contribution is 2.13. The lowest BCUT2D eigenvalue weighted by Gasteiger charge is -2.10. The Kier molecular flexibility index (Phi) is 5.76. The molecule has 0 aliphatic rings. The molecule has 0 unspecified atom stereocenters. The van der Waals surface area contributed by atoms with Crippen molar-refractivity contribution in [3.8, 4) is 0 Å². The van der Waals surface area contributed by atoms with E-state index in [-0.39, 0.29) is 11.3 Å². The molecule has 0 spiro atoms. The van der Waals surface area contributed by atoms with Crippen LogP contribution in [0, 0.1) is 0 Å². The van der Waals surface area contributed by atoms with Crippen LogP contribution in [0.5, 0.6) is 0 Å². The van der Waals surface area contributed by atoms with E-state index in [1.54, 1.807) is 24.3 Å². The smallest absolute Gasteiger partial charge is 0.267 e. The fraction of sp³-hybridized carbons (Fsp3) is 0.238. The van der Waals surface area contributed by atoms with Crippen molar-refractivity contribution >= 4 is 22.4 Å². The Morgan fingerprint density at radius 3 is 2.37 bits per heavy atom. The summed E-state index contributed by atoms with van der Waals surface area (Å²) in [6.07, 6.45) is 1.42. The van der Waals surface area contributed by atoms with Crippen molar-refractivity contribution < 1.29 is 4.79 Å². The van der Waals surface area contributed by atoms with Crippen LogP contribution in [0.1, 0.15) is 42.7 Å². The van der Waals surface area contributed by atoms with Gasteiger partial charge in [-0.2, -0.15) is 10.2 Å². The Morgan fingerprint density at radius 1 is 1.04 bits per heavy atom. The molecule has 0 fully saturated rings. The first-order valence-corrected chi connectivity index (χ1v) is 9.07. The average Bonchev–Trinajstić information content (AvgIpc) is 2.71. The minimum Gasteiger partial charge on any atom is -0.267 e. The summed E-state index contributed by atoms with van der Waals surface area (Å²) in [4.78, 5) is 25.3. The van der Waals surface area contributed by atoms with Crippen LogP contribution >= 0.6 is 0 Å². The highest BCUT2D eigenvalue weighted by molar-refractivity contribution is 6.06. The van der Waals surface area contributed by atoms with Crippen LogP contribution in [0.4, 0.5) is 0 Å².